The van der Waals surface area contributed by atoms with E-state index in [1.54, 1.807) is 20.5 Å². The first kappa shape index (κ1) is 19.8. The lowest BCUT2D eigenvalue weighted by Crippen LogP contribution is -2.59. The van der Waals surface area contributed by atoms with Crippen LogP contribution < -0.4 is 20.1 Å². The van der Waals surface area contributed by atoms with E-state index in [0.29, 0.717) is 24.5 Å². The highest BCUT2D eigenvalue weighted by molar-refractivity contribution is 5.82. The number of rotatable bonds is 6. The second-order valence-electron chi connectivity index (χ2n) is 8.00. The van der Waals surface area contributed by atoms with E-state index in [-0.39, 0.29) is 17.5 Å². The van der Waals surface area contributed by atoms with Crippen LogP contribution in [0.5, 0.6) is 11.5 Å². The molecule has 1 saturated carbocycles. The molecule has 2 aliphatic rings. The summed E-state index contributed by atoms with van der Waals surface area (Å²) >= 11 is 0. The molecule has 1 fully saturated rings. The van der Waals surface area contributed by atoms with Crippen molar-refractivity contribution in [2.45, 2.75) is 56.5 Å². The molecule has 2 heterocycles. The third-order valence-electron chi connectivity index (χ3n) is 6.21. The lowest BCUT2D eigenvalue weighted by molar-refractivity contribution is -0.124. The number of carbonyl (C=O) groups is 1. The molecule has 0 radical (unpaired) electrons. The minimum atomic E-state index is -0.230. The molecular formula is C22H30N4O3. The van der Waals surface area contributed by atoms with E-state index in [1.807, 2.05) is 18.2 Å². The van der Waals surface area contributed by atoms with Crippen molar-refractivity contribution in [2.75, 3.05) is 20.8 Å². The summed E-state index contributed by atoms with van der Waals surface area (Å²) in [7, 11) is 3.25. The molecule has 0 unspecified atom stereocenters. The number of methoxy groups -OCH3 is 2. The smallest absolute Gasteiger partial charge is 0.237 e. The topological polar surface area (TPSA) is 88.3 Å². The molecule has 0 bridgehead atoms. The molecule has 156 valence electrons. The molecule has 1 aliphatic carbocycles. The highest BCUT2D eigenvalue weighted by Crippen LogP contribution is 2.40. The lowest BCUT2D eigenvalue weighted by atomic mass is 9.75. The van der Waals surface area contributed by atoms with Gasteiger partial charge in [0.1, 0.15) is 0 Å². The number of carbonyl (C=O) groups excluding carboxylic acids is 1. The van der Waals surface area contributed by atoms with E-state index in [9.17, 15) is 4.79 Å². The van der Waals surface area contributed by atoms with Crippen LogP contribution in [-0.2, 0) is 23.2 Å². The number of hydrogen-bond donors (Lipinski definition) is 3. The predicted molar refractivity (Wildman–Crippen MR) is 110 cm³/mol. The fourth-order valence-corrected chi connectivity index (χ4v) is 4.73. The molecule has 7 heteroatoms. The van der Waals surface area contributed by atoms with Crippen LogP contribution >= 0.6 is 0 Å². The molecule has 2 aromatic rings. The average molecular weight is 399 g/mol. The van der Waals surface area contributed by atoms with Gasteiger partial charge in [0.2, 0.25) is 5.91 Å². The Labute approximate surface area is 171 Å². The van der Waals surface area contributed by atoms with E-state index in [0.717, 1.165) is 36.2 Å². The van der Waals surface area contributed by atoms with Crippen molar-refractivity contribution < 1.29 is 14.3 Å². The molecule has 1 atom stereocenters. The number of imidazole rings is 1. The van der Waals surface area contributed by atoms with Crippen molar-refractivity contribution in [1.82, 2.24) is 20.6 Å². The number of aromatic nitrogens is 2. The summed E-state index contributed by atoms with van der Waals surface area (Å²) in [5.74, 6) is 1.46. The van der Waals surface area contributed by atoms with Gasteiger partial charge in [-0.15, -0.1) is 0 Å². The van der Waals surface area contributed by atoms with Crippen LogP contribution in [0.1, 0.15) is 49.1 Å². The first-order valence-corrected chi connectivity index (χ1v) is 10.4. The standard InChI is InChI=1S/C22H30N4O3/c1-28-18-7-6-15(12-19(18)29-2)8-11-23-21(27)17-13-16-20(25-14-24-16)22(26-17)9-4-3-5-10-22/h6-7,12,14,17,26H,3-5,8-11,13H2,1-2H3,(H,23,27)(H,24,25)/t17-/m0/s1. The minimum absolute atomic E-state index is 0.0516. The maximum absolute atomic E-state index is 12.9. The summed E-state index contributed by atoms with van der Waals surface area (Å²) in [6.45, 7) is 0.579. The van der Waals surface area contributed by atoms with Crippen molar-refractivity contribution in [3.05, 3.63) is 41.5 Å². The molecule has 1 aromatic heterocycles. The van der Waals surface area contributed by atoms with Gasteiger partial charge in [-0.2, -0.15) is 0 Å². The average Bonchev–Trinajstić information content (AvgIpc) is 3.24. The number of H-pyrrole nitrogens is 1. The van der Waals surface area contributed by atoms with Gasteiger partial charge in [-0.05, 0) is 37.0 Å². The van der Waals surface area contributed by atoms with E-state index in [2.05, 4.69) is 20.6 Å². The summed E-state index contributed by atoms with van der Waals surface area (Å²) in [6.07, 6.45) is 8.84. The highest BCUT2D eigenvalue weighted by atomic mass is 16.5. The molecule has 0 saturated heterocycles. The van der Waals surface area contributed by atoms with Gasteiger partial charge in [0.15, 0.2) is 11.5 Å². The minimum Gasteiger partial charge on any atom is -0.493 e. The zero-order valence-corrected chi connectivity index (χ0v) is 17.2. The van der Waals surface area contributed by atoms with Gasteiger partial charge in [0.25, 0.3) is 0 Å². The molecule has 1 spiro atoms. The Morgan fingerprint density at radius 1 is 1.21 bits per heavy atom. The van der Waals surface area contributed by atoms with Crippen molar-refractivity contribution in [3.63, 3.8) is 0 Å². The van der Waals surface area contributed by atoms with E-state index in [1.165, 1.54) is 19.3 Å². The molecule has 7 nitrogen and oxygen atoms in total. The number of benzene rings is 1. The fourth-order valence-electron chi connectivity index (χ4n) is 4.73. The van der Waals surface area contributed by atoms with Crippen molar-refractivity contribution in [3.8, 4) is 11.5 Å². The third kappa shape index (κ3) is 3.96. The summed E-state index contributed by atoms with van der Waals surface area (Å²) in [5, 5.41) is 6.77. The summed E-state index contributed by atoms with van der Waals surface area (Å²) in [5.41, 5.74) is 3.16. The van der Waals surface area contributed by atoms with Gasteiger partial charge in [-0.25, -0.2) is 4.98 Å². The predicted octanol–water partition coefficient (Wildman–Crippen LogP) is 2.46. The van der Waals surface area contributed by atoms with Crippen LogP contribution in [0.25, 0.3) is 0 Å². The van der Waals surface area contributed by atoms with Gasteiger partial charge in [-0.1, -0.05) is 25.3 Å². The molecule has 4 rings (SSSR count). The maximum Gasteiger partial charge on any atom is 0.237 e. The zero-order chi connectivity index (χ0) is 20.3. The molecule has 3 N–H and O–H groups in total. The monoisotopic (exact) mass is 398 g/mol. The van der Waals surface area contributed by atoms with Crippen LogP contribution in [0.15, 0.2) is 24.5 Å². The van der Waals surface area contributed by atoms with E-state index in [4.69, 9.17) is 9.47 Å². The SMILES string of the molecule is COc1ccc(CCNC(=O)[C@@H]2Cc3[nH]cnc3C3(CCCCC3)N2)cc1OC. The van der Waals surface area contributed by atoms with Gasteiger partial charge >= 0.3 is 0 Å². The van der Waals surface area contributed by atoms with Crippen LogP contribution in [0.2, 0.25) is 0 Å². The normalized spacial score (nSPS) is 20.1. The van der Waals surface area contributed by atoms with E-state index < -0.39 is 0 Å². The Morgan fingerprint density at radius 3 is 2.76 bits per heavy atom. The van der Waals surface area contributed by atoms with Crippen LogP contribution in [0.3, 0.4) is 0 Å². The summed E-state index contributed by atoms with van der Waals surface area (Å²) in [6, 6.07) is 5.62. The first-order chi connectivity index (χ1) is 14.1. The van der Waals surface area contributed by atoms with Crippen LogP contribution in [-0.4, -0.2) is 42.7 Å². The number of nitrogens with one attached hydrogen (secondary N) is 3. The second kappa shape index (κ2) is 8.45. The molecular weight excluding hydrogens is 368 g/mol. The number of amides is 1. The highest BCUT2D eigenvalue weighted by Gasteiger charge is 2.44. The molecule has 1 aromatic carbocycles. The Balaban J connectivity index is 1.38. The Bertz CT molecular complexity index is 857. The van der Waals surface area contributed by atoms with Gasteiger partial charge in [-0.3, -0.25) is 10.1 Å². The summed E-state index contributed by atoms with van der Waals surface area (Å²) < 4.78 is 10.6. The van der Waals surface area contributed by atoms with Crippen LogP contribution in [0.4, 0.5) is 0 Å². The van der Waals surface area contributed by atoms with Gasteiger partial charge in [0.05, 0.1) is 37.8 Å². The Morgan fingerprint density at radius 2 is 2.00 bits per heavy atom. The number of nitrogens with zero attached hydrogens (tertiary/aromatic N) is 1. The molecule has 29 heavy (non-hydrogen) atoms. The molecule has 1 aliphatic heterocycles. The van der Waals surface area contributed by atoms with Crippen molar-refractivity contribution in [1.29, 1.82) is 0 Å². The number of fused-ring (bicyclic) bond motifs is 2. The second-order valence-corrected chi connectivity index (χ2v) is 8.00. The van der Waals surface area contributed by atoms with E-state index >= 15 is 0 Å². The first-order valence-electron chi connectivity index (χ1n) is 10.4. The lowest BCUT2D eigenvalue weighted by Gasteiger charge is -2.43. The van der Waals surface area contributed by atoms with Crippen LogP contribution in [0, 0.1) is 0 Å². The molecule has 1 amide bonds. The van der Waals surface area contributed by atoms with Crippen molar-refractivity contribution >= 4 is 5.91 Å². The number of hydrogen-bond acceptors (Lipinski definition) is 5. The largest absolute Gasteiger partial charge is 0.493 e. The number of ether oxygens (including phenoxy) is 2. The number of aromatic amines is 1. The van der Waals surface area contributed by atoms with Crippen molar-refractivity contribution in [2.24, 2.45) is 0 Å². The maximum atomic E-state index is 12.9. The summed E-state index contributed by atoms with van der Waals surface area (Å²) in [4.78, 5) is 20.8. The zero-order valence-electron chi connectivity index (χ0n) is 17.2. The fraction of sp³-hybridized carbons (Fsp3) is 0.545. The Hall–Kier alpha value is -2.54. The Kier molecular flexibility index (Phi) is 5.76. The van der Waals surface area contributed by atoms with Gasteiger partial charge < -0.3 is 19.8 Å². The quantitative estimate of drug-likeness (QED) is 0.696. The third-order valence-corrected chi connectivity index (χ3v) is 6.21. The van der Waals surface area contributed by atoms with Gasteiger partial charge in [0, 0.05) is 18.7 Å².